The van der Waals surface area contributed by atoms with Gasteiger partial charge in [0.1, 0.15) is 0 Å². The van der Waals surface area contributed by atoms with Crippen LogP contribution in [0, 0.1) is 13.8 Å². The third-order valence-electron chi connectivity index (χ3n) is 3.46. The topological polar surface area (TPSA) is 74.8 Å². The lowest BCUT2D eigenvalue weighted by Crippen LogP contribution is -2.07. The van der Waals surface area contributed by atoms with Crippen LogP contribution in [0.15, 0.2) is 47.4 Å². The molecule has 128 valence electrons. The first-order valence-corrected chi connectivity index (χ1v) is 8.32. The van der Waals surface area contributed by atoms with Crippen molar-refractivity contribution in [3.05, 3.63) is 53.6 Å². The number of benzene rings is 2. The van der Waals surface area contributed by atoms with E-state index in [4.69, 9.17) is 0 Å². The average Bonchev–Trinajstić information content (AvgIpc) is 2.56. The molecule has 0 radical (unpaired) electrons. The highest BCUT2D eigenvalue weighted by Gasteiger charge is 2.07. The van der Waals surface area contributed by atoms with Gasteiger partial charge in [0.05, 0.1) is 0 Å². The molecule has 0 bridgehead atoms. The molecule has 3 aromatic rings. The van der Waals surface area contributed by atoms with Crippen LogP contribution < -0.4 is 16.0 Å². The van der Waals surface area contributed by atoms with Gasteiger partial charge in [0.15, 0.2) is 0 Å². The number of anilines is 5. The van der Waals surface area contributed by atoms with Crippen LogP contribution in [0.3, 0.4) is 0 Å². The summed E-state index contributed by atoms with van der Waals surface area (Å²) in [5.74, 6) is 1.41. The molecule has 0 aliphatic rings. The lowest BCUT2D eigenvalue weighted by Gasteiger charge is -2.11. The third kappa shape index (κ3) is 4.60. The van der Waals surface area contributed by atoms with Crippen LogP contribution >= 0.6 is 12.6 Å². The quantitative estimate of drug-likeness (QED) is 0.513. The summed E-state index contributed by atoms with van der Waals surface area (Å²) in [5.41, 5.74) is 4.17. The standard InChI is InChI=1S/C18H20N6S/c1-11-8-12(2)10-14(9-11)21-18-23-16(19-3)22-17(24-18)20-13-4-6-15(25)7-5-13/h4-10,25H,1-3H3,(H3,19,20,21,22,23,24). The summed E-state index contributed by atoms with van der Waals surface area (Å²) in [6.45, 7) is 4.12. The predicted molar refractivity (Wildman–Crippen MR) is 106 cm³/mol. The number of nitrogens with zero attached hydrogens (tertiary/aromatic N) is 3. The minimum atomic E-state index is 0.457. The van der Waals surface area contributed by atoms with E-state index < -0.39 is 0 Å². The number of aryl methyl sites for hydroxylation is 2. The van der Waals surface area contributed by atoms with Crippen molar-refractivity contribution in [2.24, 2.45) is 0 Å². The van der Waals surface area contributed by atoms with E-state index in [-0.39, 0.29) is 0 Å². The molecule has 6 nitrogen and oxygen atoms in total. The molecule has 0 aliphatic carbocycles. The maximum absolute atomic E-state index is 4.45. The fourth-order valence-electron chi connectivity index (χ4n) is 2.45. The van der Waals surface area contributed by atoms with Gasteiger partial charge in [0.2, 0.25) is 17.8 Å². The van der Waals surface area contributed by atoms with Gasteiger partial charge in [-0.3, -0.25) is 0 Å². The lowest BCUT2D eigenvalue weighted by atomic mass is 10.1. The minimum absolute atomic E-state index is 0.457. The molecule has 0 spiro atoms. The Morgan fingerprint density at radius 3 is 1.80 bits per heavy atom. The van der Waals surface area contributed by atoms with Gasteiger partial charge >= 0.3 is 0 Å². The second kappa shape index (κ2) is 7.40. The van der Waals surface area contributed by atoms with E-state index in [0.717, 1.165) is 16.3 Å². The Hall–Kier alpha value is -2.80. The van der Waals surface area contributed by atoms with Crippen molar-refractivity contribution < 1.29 is 0 Å². The fraction of sp³-hybridized carbons (Fsp3) is 0.167. The molecule has 0 aliphatic heterocycles. The Kier molecular flexibility index (Phi) is 5.04. The first kappa shape index (κ1) is 17.0. The molecule has 3 rings (SSSR count). The van der Waals surface area contributed by atoms with Gasteiger partial charge in [-0.05, 0) is 61.4 Å². The summed E-state index contributed by atoms with van der Waals surface area (Å²) in [6.07, 6.45) is 0. The lowest BCUT2D eigenvalue weighted by molar-refractivity contribution is 1.06. The highest BCUT2D eigenvalue weighted by molar-refractivity contribution is 7.80. The first-order chi connectivity index (χ1) is 12.0. The normalized spacial score (nSPS) is 10.4. The highest BCUT2D eigenvalue weighted by Crippen LogP contribution is 2.21. The van der Waals surface area contributed by atoms with E-state index in [1.807, 2.05) is 36.4 Å². The Morgan fingerprint density at radius 1 is 0.720 bits per heavy atom. The summed E-state index contributed by atoms with van der Waals surface area (Å²) >= 11 is 4.29. The van der Waals surface area contributed by atoms with Crippen molar-refractivity contribution >= 4 is 41.8 Å². The number of thiol groups is 1. The number of hydrogen-bond donors (Lipinski definition) is 4. The number of nitrogens with one attached hydrogen (secondary N) is 3. The maximum atomic E-state index is 4.45. The van der Waals surface area contributed by atoms with Crippen molar-refractivity contribution in [2.45, 2.75) is 18.7 Å². The zero-order valence-corrected chi connectivity index (χ0v) is 15.2. The van der Waals surface area contributed by atoms with Gasteiger partial charge in [-0.2, -0.15) is 15.0 Å². The van der Waals surface area contributed by atoms with E-state index in [9.17, 15) is 0 Å². The van der Waals surface area contributed by atoms with E-state index in [1.54, 1.807) is 7.05 Å². The summed E-state index contributed by atoms with van der Waals surface area (Å²) in [6, 6.07) is 13.9. The van der Waals surface area contributed by atoms with E-state index in [0.29, 0.717) is 17.8 Å². The van der Waals surface area contributed by atoms with Gasteiger partial charge in [-0.25, -0.2) is 0 Å². The van der Waals surface area contributed by atoms with Crippen LogP contribution in [0.25, 0.3) is 0 Å². The zero-order chi connectivity index (χ0) is 17.8. The average molecular weight is 352 g/mol. The third-order valence-corrected chi connectivity index (χ3v) is 3.76. The van der Waals surface area contributed by atoms with E-state index >= 15 is 0 Å². The van der Waals surface area contributed by atoms with Crippen LogP contribution in [0.5, 0.6) is 0 Å². The summed E-state index contributed by atoms with van der Waals surface area (Å²) < 4.78 is 0. The molecule has 1 heterocycles. The zero-order valence-electron chi connectivity index (χ0n) is 14.3. The number of hydrogen-bond acceptors (Lipinski definition) is 7. The van der Waals surface area contributed by atoms with E-state index in [2.05, 4.69) is 63.4 Å². The smallest absolute Gasteiger partial charge is 0.233 e. The summed E-state index contributed by atoms with van der Waals surface area (Å²) in [5, 5.41) is 9.38. The molecular weight excluding hydrogens is 332 g/mol. The molecule has 25 heavy (non-hydrogen) atoms. The van der Waals surface area contributed by atoms with Crippen molar-refractivity contribution in [3.63, 3.8) is 0 Å². The van der Waals surface area contributed by atoms with Crippen LogP contribution in [0.1, 0.15) is 11.1 Å². The van der Waals surface area contributed by atoms with Gasteiger partial charge < -0.3 is 16.0 Å². The predicted octanol–water partition coefficient (Wildman–Crippen LogP) is 4.31. The molecule has 7 heteroatoms. The second-order valence-electron chi connectivity index (χ2n) is 5.73. The van der Waals surface area contributed by atoms with E-state index in [1.165, 1.54) is 11.1 Å². The van der Waals surface area contributed by atoms with Crippen LogP contribution in [0.2, 0.25) is 0 Å². The van der Waals surface area contributed by atoms with Crippen molar-refractivity contribution in [2.75, 3.05) is 23.0 Å². The molecule has 0 atom stereocenters. The van der Waals surface area contributed by atoms with Crippen molar-refractivity contribution in [1.82, 2.24) is 15.0 Å². The molecule has 3 N–H and O–H groups in total. The molecular formula is C18H20N6S. The van der Waals surface area contributed by atoms with Crippen molar-refractivity contribution in [3.8, 4) is 0 Å². The van der Waals surface area contributed by atoms with Crippen LogP contribution in [-0.2, 0) is 0 Å². The van der Waals surface area contributed by atoms with Gasteiger partial charge in [-0.15, -0.1) is 12.6 Å². The molecule has 1 aromatic heterocycles. The largest absolute Gasteiger partial charge is 0.357 e. The Morgan fingerprint density at radius 2 is 1.24 bits per heavy atom. The molecule has 0 saturated heterocycles. The Bertz CT molecular complexity index is 859. The maximum Gasteiger partial charge on any atom is 0.233 e. The van der Waals surface area contributed by atoms with Gasteiger partial charge in [0.25, 0.3) is 0 Å². The fourth-order valence-corrected chi connectivity index (χ4v) is 2.60. The van der Waals surface area contributed by atoms with Gasteiger partial charge in [-0.1, -0.05) is 6.07 Å². The number of rotatable bonds is 5. The molecule has 0 amide bonds. The van der Waals surface area contributed by atoms with Crippen molar-refractivity contribution in [1.29, 1.82) is 0 Å². The van der Waals surface area contributed by atoms with Crippen LogP contribution in [-0.4, -0.2) is 22.0 Å². The highest BCUT2D eigenvalue weighted by atomic mass is 32.1. The minimum Gasteiger partial charge on any atom is -0.357 e. The number of aromatic nitrogens is 3. The van der Waals surface area contributed by atoms with Gasteiger partial charge in [0, 0.05) is 23.3 Å². The molecule has 0 saturated carbocycles. The Balaban J connectivity index is 1.87. The summed E-state index contributed by atoms with van der Waals surface area (Å²) in [7, 11) is 1.77. The summed E-state index contributed by atoms with van der Waals surface area (Å²) in [4.78, 5) is 14.1. The van der Waals surface area contributed by atoms with Crippen LogP contribution in [0.4, 0.5) is 29.2 Å². The SMILES string of the molecule is CNc1nc(Nc2ccc(S)cc2)nc(Nc2cc(C)cc(C)c2)n1. The molecule has 0 unspecified atom stereocenters. The monoisotopic (exact) mass is 352 g/mol. The molecule has 0 fully saturated rings. The second-order valence-corrected chi connectivity index (χ2v) is 6.25. The first-order valence-electron chi connectivity index (χ1n) is 7.87. The Labute approximate surface area is 152 Å². The molecule has 2 aromatic carbocycles.